The number of rotatable bonds is 24. The zero-order valence-corrected chi connectivity index (χ0v) is 47.3. The Kier molecular flexibility index (Phi) is 17.2. The van der Waals surface area contributed by atoms with Crippen molar-refractivity contribution in [2.24, 2.45) is 0 Å². The predicted molar refractivity (Wildman–Crippen MR) is 281 cm³/mol. The maximum absolute atomic E-state index is 14.0. The van der Waals surface area contributed by atoms with Crippen molar-refractivity contribution in [1.82, 2.24) is 78.1 Å². The summed E-state index contributed by atoms with van der Waals surface area (Å²) in [6.45, 7) is -5.07. The van der Waals surface area contributed by atoms with E-state index >= 15 is 0 Å². The van der Waals surface area contributed by atoms with Crippen molar-refractivity contribution in [3.05, 3.63) is 50.6 Å². The van der Waals surface area contributed by atoms with Crippen LogP contribution in [-0.4, -0.2) is 222 Å². The molecule has 0 saturated carbocycles. The molecule has 87 heavy (non-hydrogen) atoms. The molecule has 3 saturated heterocycles. The lowest BCUT2D eigenvalue weighted by Gasteiger charge is -2.27. The monoisotopic (exact) mass is 1310 g/mol. The lowest BCUT2D eigenvalue weighted by atomic mass is 10.1. The van der Waals surface area contributed by atoms with Crippen molar-refractivity contribution in [1.29, 1.82) is 0 Å². The molecule has 0 radical (unpaired) electrons. The number of aliphatic hydroxyl groups is 5. The molecule has 8 aromatic heterocycles. The van der Waals surface area contributed by atoms with Crippen LogP contribution in [0.3, 0.4) is 0 Å². The Hall–Kier alpha value is -6.48. The SMILES string of the molecule is Nc1ncnc2c1ncn2C[C@H](OP(=O)(O)OC[C@H]1O[C@@H](n2cnc3c(N)ncnc32)[C@H](OP(=O)(O)OC[C@H]2O[C@@H](n3cnc4c(N)ncnc43)[C@H](O)[C@@H]2O)[C@@H]1O)[C@H](O)COP(=O)(O)O[C@@H]1[C@H](O)[C@@H](COP(=O)(O)O)O[C@H]1n1cnc2c(N)ncnc21. The van der Waals surface area contributed by atoms with Gasteiger partial charge >= 0.3 is 31.3 Å². The molecular weight excluding hydrogens is 1260 g/mol. The summed E-state index contributed by atoms with van der Waals surface area (Å²) in [4.78, 5) is 100. The van der Waals surface area contributed by atoms with Crippen LogP contribution in [0.25, 0.3) is 44.7 Å². The molecule has 8 aromatic rings. The second-order valence-electron chi connectivity index (χ2n) is 19.2. The van der Waals surface area contributed by atoms with Gasteiger partial charge in [0.2, 0.25) is 0 Å². The van der Waals surface area contributed by atoms with Crippen molar-refractivity contribution in [2.45, 2.75) is 92.4 Å². The molecule has 18 N–H and O–H groups in total. The minimum absolute atomic E-state index is 0.00135. The maximum atomic E-state index is 14.0. The quantitative estimate of drug-likeness (QED) is 0.0255. The molecule has 0 aliphatic carbocycles. The van der Waals surface area contributed by atoms with E-state index < -0.39 is 150 Å². The fraction of sp³-hybridized carbons (Fsp3) is 0.487. The highest BCUT2D eigenvalue weighted by Crippen LogP contribution is 2.53. The lowest BCUT2D eigenvalue weighted by molar-refractivity contribution is -0.0644. The van der Waals surface area contributed by atoms with Crippen LogP contribution in [0.15, 0.2) is 50.6 Å². The summed E-state index contributed by atoms with van der Waals surface area (Å²) in [5.41, 5.74) is 23.8. The van der Waals surface area contributed by atoms with Gasteiger partial charge in [-0.05, 0) is 0 Å². The van der Waals surface area contributed by atoms with E-state index in [0.29, 0.717) is 0 Å². The number of nitrogens with zero attached hydrogens (tertiary/aromatic N) is 16. The summed E-state index contributed by atoms with van der Waals surface area (Å²) in [7, 11) is -21.8. The number of imidazole rings is 4. The van der Waals surface area contributed by atoms with Crippen LogP contribution in [0, 0.1) is 0 Å². The van der Waals surface area contributed by atoms with Crippen molar-refractivity contribution in [3.63, 3.8) is 0 Å². The van der Waals surface area contributed by atoms with Gasteiger partial charge in [-0.2, -0.15) is 0 Å². The van der Waals surface area contributed by atoms with E-state index in [-0.39, 0.29) is 67.9 Å². The molecule has 3 aliphatic rings. The highest BCUT2D eigenvalue weighted by atomic mass is 31.2. The Labute approximate surface area is 482 Å². The highest BCUT2D eigenvalue weighted by molar-refractivity contribution is 7.48. The number of nitrogen functional groups attached to an aromatic ring is 4. The summed E-state index contributed by atoms with van der Waals surface area (Å²) in [6, 6.07) is 0. The molecule has 0 amide bonds. The highest BCUT2D eigenvalue weighted by Gasteiger charge is 2.53. The Morgan fingerprint density at radius 1 is 0.471 bits per heavy atom. The molecule has 470 valence electrons. The molecule has 0 aromatic carbocycles. The fourth-order valence-electron chi connectivity index (χ4n) is 9.46. The summed E-state index contributed by atoms with van der Waals surface area (Å²) in [5.74, 6) is -0.357. The average molecular weight is 1310 g/mol. The van der Waals surface area contributed by atoms with Crippen LogP contribution in [0.1, 0.15) is 18.7 Å². The molecular formula is C39H50N20O24P4. The second-order valence-corrected chi connectivity index (χ2v) is 24.6. The Bertz CT molecular complexity index is 4030. The average Bonchev–Trinajstić information content (AvgIpc) is 1.75. The van der Waals surface area contributed by atoms with Gasteiger partial charge in [-0.25, -0.2) is 78.1 Å². The van der Waals surface area contributed by atoms with Crippen LogP contribution >= 0.6 is 31.3 Å². The van der Waals surface area contributed by atoms with Gasteiger partial charge in [0.25, 0.3) is 0 Å². The van der Waals surface area contributed by atoms with E-state index in [1.807, 2.05) is 0 Å². The number of aromatic nitrogens is 16. The van der Waals surface area contributed by atoms with E-state index in [0.717, 1.165) is 58.0 Å². The molecule has 3 unspecified atom stereocenters. The molecule has 3 fully saturated rings. The topological polar surface area (TPSA) is 641 Å². The smallest absolute Gasteiger partial charge is 0.388 e. The largest absolute Gasteiger partial charge is 0.472 e. The summed E-state index contributed by atoms with van der Waals surface area (Å²) in [5, 5.41) is 56.5. The molecule has 3 aliphatic heterocycles. The van der Waals surface area contributed by atoms with Crippen LogP contribution in [0.2, 0.25) is 0 Å². The third-order valence-electron chi connectivity index (χ3n) is 13.6. The maximum Gasteiger partial charge on any atom is 0.472 e. The Morgan fingerprint density at radius 3 is 1.32 bits per heavy atom. The van der Waals surface area contributed by atoms with Crippen LogP contribution in [-0.2, 0) is 70.7 Å². The van der Waals surface area contributed by atoms with Gasteiger partial charge in [-0.3, -0.25) is 45.4 Å². The van der Waals surface area contributed by atoms with Crippen molar-refractivity contribution < 1.29 is 114 Å². The molecule has 0 bridgehead atoms. The normalized spacial score (nSPS) is 28.2. The number of ether oxygens (including phenoxy) is 3. The fourth-order valence-corrected chi connectivity index (χ4v) is 12.6. The van der Waals surface area contributed by atoms with E-state index in [1.165, 1.54) is 10.9 Å². The van der Waals surface area contributed by atoms with Crippen molar-refractivity contribution in [3.8, 4) is 0 Å². The van der Waals surface area contributed by atoms with Crippen LogP contribution < -0.4 is 22.9 Å². The number of nitrogens with two attached hydrogens (primary N) is 4. The lowest BCUT2D eigenvalue weighted by Crippen LogP contribution is -2.38. The number of anilines is 4. The minimum atomic E-state index is -5.62. The molecule has 17 atom stereocenters. The molecule has 11 rings (SSSR count). The van der Waals surface area contributed by atoms with Gasteiger partial charge < -0.3 is 91.7 Å². The number of aliphatic hydroxyl groups excluding tert-OH is 5. The second kappa shape index (κ2) is 24.1. The van der Waals surface area contributed by atoms with Gasteiger partial charge in [0.05, 0.1) is 58.3 Å². The number of phosphoric ester groups is 4. The van der Waals surface area contributed by atoms with Crippen LogP contribution in [0.4, 0.5) is 23.3 Å². The Morgan fingerprint density at radius 2 is 0.851 bits per heavy atom. The van der Waals surface area contributed by atoms with E-state index in [2.05, 4.69) is 64.3 Å². The standard InChI is InChI=1S/C39H50N20O24P4/c40-29-19-33(48-6-44-29)56(10-52-19)1-15(14(60)2-75-86(70,71)82-27-24(62)17(3-74-84(65,66)67)79-38(27)58-12-54-21-31(42)46-8-50-35(21)58)81-85(68,69)76-5-18-25(63)28(39(80-18)59-13-55-22-32(43)47-9-51-36(22)59)83-87(72,73)77-4-16-23(61)26(64)37(78-16)57-11-53-20-30(41)45-7-49-34(20)57/h6-18,23-28,37-39,60-64H,1-5H2,(H,68,69)(H,70,71)(H,72,73)(H2,40,44,48)(H2,41,45,49)(H2,42,46,50)(H2,43,47,51)(H2,65,66,67)/t14-,15+,16-,17-,18-,23-,24-,25-,26-,27-,28-,37-,38-,39-/m1/s1. The number of phosphoric acid groups is 4. The summed E-state index contributed by atoms with van der Waals surface area (Å²) >= 11 is 0. The van der Waals surface area contributed by atoms with Gasteiger partial charge in [0.15, 0.2) is 64.5 Å². The van der Waals surface area contributed by atoms with Gasteiger partial charge in [-0.1, -0.05) is 0 Å². The van der Waals surface area contributed by atoms with Crippen molar-refractivity contribution >= 4 is 99.2 Å². The summed E-state index contributed by atoms with van der Waals surface area (Å²) < 4.78 is 112. The molecule has 11 heterocycles. The first kappa shape index (κ1) is 62.1. The molecule has 48 heteroatoms. The van der Waals surface area contributed by atoms with E-state index in [9.17, 15) is 68.3 Å². The first-order valence-corrected chi connectivity index (χ1v) is 30.9. The zero-order valence-electron chi connectivity index (χ0n) is 43.7. The van der Waals surface area contributed by atoms with Crippen molar-refractivity contribution in [2.75, 3.05) is 49.4 Å². The first-order chi connectivity index (χ1) is 41.2. The first-order valence-electron chi connectivity index (χ1n) is 24.9. The number of hydrogen-bond acceptors (Lipinski definition) is 35. The van der Waals surface area contributed by atoms with Gasteiger partial charge in [0, 0.05) is 0 Å². The zero-order chi connectivity index (χ0) is 62.1. The minimum Gasteiger partial charge on any atom is -0.388 e. The molecule has 44 nitrogen and oxygen atoms in total. The van der Waals surface area contributed by atoms with Gasteiger partial charge in [0.1, 0.15) is 115 Å². The number of hydrogen-bond donors (Lipinski definition) is 14. The van der Waals surface area contributed by atoms with E-state index in [4.69, 9.17) is 64.3 Å². The number of fused-ring (bicyclic) bond motifs is 4. The van der Waals surface area contributed by atoms with Gasteiger partial charge in [-0.15, -0.1) is 0 Å². The van der Waals surface area contributed by atoms with Crippen LogP contribution in [0.5, 0.6) is 0 Å². The van der Waals surface area contributed by atoms with E-state index in [1.54, 1.807) is 0 Å². The predicted octanol–water partition coefficient (Wildman–Crippen LogP) is -4.21. The third-order valence-corrected chi connectivity index (χ3v) is 17.0. The molecule has 0 spiro atoms. The third kappa shape index (κ3) is 12.9. The Balaban J connectivity index is 0.796. The summed E-state index contributed by atoms with van der Waals surface area (Å²) in [6.07, 6.45) is -16.9.